The Bertz CT molecular complexity index is 870. The summed E-state index contributed by atoms with van der Waals surface area (Å²) in [5.41, 5.74) is 1.86. The predicted octanol–water partition coefficient (Wildman–Crippen LogP) is 2.45. The highest BCUT2D eigenvalue weighted by molar-refractivity contribution is 7.12. The van der Waals surface area contributed by atoms with Crippen LogP contribution in [-0.4, -0.2) is 31.7 Å². The highest BCUT2D eigenvalue weighted by Gasteiger charge is 2.24. The van der Waals surface area contributed by atoms with Gasteiger partial charge in [0.2, 0.25) is 0 Å². The van der Waals surface area contributed by atoms with Crippen LogP contribution in [0.3, 0.4) is 0 Å². The lowest BCUT2D eigenvalue weighted by Crippen LogP contribution is -2.41. The Morgan fingerprint density at radius 3 is 2.96 bits per heavy atom. The molecule has 1 atom stereocenters. The molecule has 0 radical (unpaired) electrons. The summed E-state index contributed by atoms with van der Waals surface area (Å²) in [6.07, 6.45) is 1.71. The van der Waals surface area contributed by atoms with Gasteiger partial charge in [0, 0.05) is 30.0 Å². The second-order valence-electron chi connectivity index (χ2n) is 5.89. The van der Waals surface area contributed by atoms with Gasteiger partial charge in [0.15, 0.2) is 5.01 Å². The Morgan fingerprint density at radius 1 is 1.29 bits per heavy atom. The van der Waals surface area contributed by atoms with Crippen molar-refractivity contribution in [2.75, 3.05) is 0 Å². The Labute approximate surface area is 143 Å². The number of aryl methyl sites for hydroxylation is 2. The number of nitrogens with zero attached hydrogens (tertiary/aromatic N) is 4. The average Bonchev–Trinajstić information content (AvgIpc) is 3.24. The van der Waals surface area contributed by atoms with Crippen molar-refractivity contribution in [3.8, 4) is 11.3 Å². The highest BCUT2D eigenvalue weighted by atomic mass is 32.1. The van der Waals surface area contributed by atoms with Crippen LogP contribution in [0.25, 0.3) is 11.3 Å². The average molecular weight is 339 g/mol. The minimum atomic E-state index is -0.110. The Morgan fingerprint density at radius 2 is 2.12 bits per heavy atom. The molecule has 1 aliphatic heterocycles. The number of nitrogens with one attached hydrogen (secondary N) is 1. The van der Waals surface area contributed by atoms with E-state index in [0.717, 1.165) is 42.3 Å². The predicted molar refractivity (Wildman–Crippen MR) is 91.9 cm³/mol. The maximum absolute atomic E-state index is 12.5. The maximum Gasteiger partial charge on any atom is 0.280 e. The van der Waals surface area contributed by atoms with Gasteiger partial charge in [-0.2, -0.15) is 0 Å². The molecule has 0 saturated heterocycles. The molecule has 4 rings (SSSR count). The Kier molecular flexibility index (Phi) is 3.86. The number of aromatic nitrogens is 4. The highest BCUT2D eigenvalue weighted by Crippen LogP contribution is 2.22. The first-order chi connectivity index (χ1) is 11.7. The molecule has 0 saturated carbocycles. The van der Waals surface area contributed by atoms with Crippen LogP contribution in [0.4, 0.5) is 0 Å². The van der Waals surface area contributed by atoms with Crippen LogP contribution in [0.5, 0.6) is 0 Å². The van der Waals surface area contributed by atoms with E-state index in [0.29, 0.717) is 5.01 Å². The second kappa shape index (κ2) is 6.16. The largest absolute Gasteiger partial charge is 0.345 e. The minimum absolute atomic E-state index is 0.0868. The third-order valence-corrected chi connectivity index (χ3v) is 5.08. The van der Waals surface area contributed by atoms with Crippen molar-refractivity contribution >= 4 is 17.2 Å². The summed E-state index contributed by atoms with van der Waals surface area (Å²) in [5, 5.41) is 13.8. The van der Waals surface area contributed by atoms with Gasteiger partial charge in [0.05, 0.1) is 5.69 Å². The number of carbonyl (C=O) groups is 1. The first kappa shape index (κ1) is 15.0. The van der Waals surface area contributed by atoms with Crippen molar-refractivity contribution in [3.05, 3.63) is 52.4 Å². The fourth-order valence-electron chi connectivity index (χ4n) is 2.95. The van der Waals surface area contributed by atoms with Gasteiger partial charge in [0.1, 0.15) is 11.6 Å². The molecule has 1 amide bonds. The third-order valence-electron chi connectivity index (χ3n) is 4.23. The lowest BCUT2D eigenvalue weighted by Gasteiger charge is -2.24. The van der Waals surface area contributed by atoms with Crippen molar-refractivity contribution in [1.82, 2.24) is 25.1 Å². The van der Waals surface area contributed by atoms with Gasteiger partial charge in [-0.3, -0.25) is 4.79 Å². The molecule has 0 aliphatic carbocycles. The van der Waals surface area contributed by atoms with Gasteiger partial charge in [-0.15, -0.1) is 21.5 Å². The van der Waals surface area contributed by atoms with Crippen LogP contribution in [0.2, 0.25) is 0 Å². The smallest absolute Gasteiger partial charge is 0.280 e. The maximum atomic E-state index is 12.5. The van der Waals surface area contributed by atoms with Crippen molar-refractivity contribution in [2.24, 2.45) is 0 Å². The van der Waals surface area contributed by atoms with Crippen LogP contribution >= 0.6 is 11.3 Å². The van der Waals surface area contributed by atoms with E-state index >= 15 is 0 Å². The van der Waals surface area contributed by atoms with Crippen molar-refractivity contribution in [2.45, 2.75) is 32.4 Å². The molecule has 6 nitrogen and oxygen atoms in total. The standard InChI is InChI=1S/C17H17N5OS/c1-11-20-21-15-8-7-13(9-22(11)15)18-16(23)17-19-14(10-24-17)12-5-3-2-4-6-12/h2-6,10,13H,7-9H2,1H3,(H,18,23). The lowest BCUT2D eigenvalue weighted by molar-refractivity contribution is 0.0927. The molecule has 3 heterocycles. The molecule has 122 valence electrons. The first-order valence-electron chi connectivity index (χ1n) is 7.91. The van der Waals surface area contributed by atoms with E-state index in [1.54, 1.807) is 0 Å². The van der Waals surface area contributed by atoms with Crippen molar-refractivity contribution < 1.29 is 4.79 Å². The monoisotopic (exact) mass is 339 g/mol. The molecule has 1 aromatic carbocycles. The SMILES string of the molecule is Cc1nnc2n1CC(NC(=O)c1nc(-c3ccccc3)cs1)CC2. The van der Waals surface area contributed by atoms with Gasteiger partial charge in [0.25, 0.3) is 5.91 Å². The summed E-state index contributed by atoms with van der Waals surface area (Å²) in [6.45, 7) is 2.66. The summed E-state index contributed by atoms with van der Waals surface area (Å²) < 4.78 is 2.08. The number of hydrogen-bond donors (Lipinski definition) is 1. The molecule has 0 bridgehead atoms. The molecular weight excluding hydrogens is 322 g/mol. The summed E-state index contributed by atoms with van der Waals surface area (Å²) in [7, 11) is 0. The Balaban J connectivity index is 1.46. The fourth-order valence-corrected chi connectivity index (χ4v) is 3.68. The normalized spacial score (nSPS) is 16.6. The number of amides is 1. The molecule has 24 heavy (non-hydrogen) atoms. The number of fused-ring (bicyclic) bond motifs is 1. The molecule has 1 N–H and O–H groups in total. The van der Waals surface area contributed by atoms with Gasteiger partial charge >= 0.3 is 0 Å². The quantitative estimate of drug-likeness (QED) is 0.795. The molecule has 0 spiro atoms. The molecule has 1 unspecified atom stereocenters. The van der Waals surface area contributed by atoms with Crippen molar-refractivity contribution in [3.63, 3.8) is 0 Å². The Hall–Kier alpha value is -2.54. The molecule has 7 heteroatoms. The van der Waals surface area contributed by atoms with Crippen molar-refractivity contribution in [1.29, 1.82) is 0 Å². The van der Waals surface area contributed by atoms with E-state index in [1.165, 1.54) is 11.3 Å². The van der Waals surface area contributed by atoms with Gasteiger partial charge in [-0.05, 0) is 13.3 Å². The molecule has 2 aromatic heterocycles. The van der Waals surface area contributed by atoms with Gasteiger partial charge in [-0.1, -0.05) is 30.3 Å². The zero-order valence-electron chi connectivity index (χ0n) is 13.3. The molecule has 0 fully saturated rings. The number of carbonyl (C=O) groups excluding carboxylic acids is 1. The van der Waals surface area contributed by atoms with Gasteiger partial charge in [-0.25, -0.2) is 4.98 Å². The van der Waals surface area contributed by atoms with E-state index in [2.05, 4.69) is 25.1 Å². The molecule has 3 aromatic rings. The van der Waals surface area contributed by atoms with E-state index in [1.807, 2.05) is 42.6 Å². The number of rotatable bonds is 3. The molecule has 1 aliphatic rings. The number of hydrogen-bond acceptors (Lipinski definition) is 5. The second-order valence-corrected chi connectivity index (χ2v) is 6.75. The topological polar surface area (TPSA) is 72.7 Å². The van der Waals surface area contributed by atoms with Gasteiger partial charge < -0.3 is 9.88 Å². The summed E-state index contributed by atoms with van der Waals surface area (Å²) in [4.78, 5) is 17.0. The number of benzene rings is 1. The summed E-state index contributed by atoms with van der Waals surface area (Å²) in [5.74, 6) is 1.78. The van der Waals surface area contributed by atoms with Crippen LogP contribution in [0.15, 0.2) is 35.7 Å². The van der Waals surface area contributed by atoms with Crippen LogP contribution < -0.4 is 5.32 Å². The van der Waals surface area contributed by atoms with Crippen LogP contribution in [0, 0.1) is 6.92 Å². The van der Waals surface area contributed by atoms with Crippen LogP contribution in [0.1, 0.15) is 27.9 Å². The fraction of sp³-hybridized carbons (Fsp3) is 0.294. The van der Waals surface area contributed by atoms with E-state index in [4.69, 9.17) is 0 Å². The minimum Gasteiger partial charge on any atom is -0.345 e. The number of thiazole rings is 1. The summed E-state index contributed by atoms with van der Waals surface area (Å²) >= 11 is 1.38. The van der Waals surface area contributed by atoms with E-state index < -0.39 is 0 Å². The van der Waals surface area contributed by atoms with E-state index in [9.17, 15) is 4.79 Å². The zero-order valence-corrected chi connectivity index (χ0v) is 14.1. The molecular formula is C17H17N5OS. The summed E-state index contributed by atoms with van der Waals surface area (Å²) in [6, 6.07) is 9.98. The lowest BCUT2D eigenvalue weighted by atomic mass is 10.1. The first-order valence-corrected chi connectivity index (χ1v) is 8.79. The van der Waals surface area contributed by atoms with E-state index in [-0.39, 0.29) is 11.9 Å². The van der Waals surface area contributed by atoms with Crippen LogP contribution in [-0.2, 0) is 13.0 Å². The zero-order chi connectivity index (χ0) is 16.5. The third kappa shape index (κ3) is 2.82.